The standard InChI is InChI=1S/C40H26N2/c1-3-11-27(12-4-1)31-21-22-36-37(24-31)38(32-20-19-29-15-7-8-16-30(29)23-32)34-17-9-10-18-35(34)39(36)40-41-25-33(26-42-40)28-13-5-2-6-14-28/h1-26H. The summed E-state index contributed by atoms with van der Waals surface area (Å²) >= 11 is 0. The molecule has 0 saturated heterocycles. The lowest BCUT2D eigenvalue weighted by Gasteiger charge is -2.18. The first-order valence-corrected chi connectivity index (χ1v) is 14.2. The van der Waals surface area contributed by atoms with Gasteiger partial charge in [0.05, 0.1) is 0 Å². The molecule has 8 aromatic rings. The van der Waals surface area contributed by atoms with Gasteiger partial charge in [-0.25, -0.2) is 9.97 Å². The third kappa shape index (κ3) is 4.13. The highest BCUT2D eigenvalue weighted by Crippen LogP contribution is 2.44. The van der Waals surface area contributed by atoms with Crippen LogP contribution >= 0.6 is 0 Å². The summed E-state index contributed by atoms with van der Waals surface area (Å²) in [7, 11) is 0. The highest BCUT2D eigenvalue weighted by atomic mass is 14.9. The summed E-state index contributed by atoms with van der Waals surface area (Å²) in [6.45, 7) is 0. The van der Waals surface area contributed by atoms with Crippen LogP contribution in [-0.2, 0) is 0 Å². The highest BCUT2D eigenvalue weighted by molar-refractivity contribution is 6.21. The van der Waals surface area contributed by atoms with Crippen LogP contribution in [0.4, 0.5) is 0 Å². The number of benzene rings is 7. The van der Waals surface area contributed by atoms with Crippen molar-refractivity contribution in [1.82, 2.24) is 9.97 Å². The third-order valence-corrected chi connectivity index (χ3v) is 8.15. The van der Waals surface area contributed by atoms with E-state index < -0.39 is 0 Å². The molecule has 0 atom stereocenters. The lowest BCUT2D eigenvalue weighted by atomic mass is 9.86. The summed E-state index contributed by atoms with van der Waals surface area (Å²) in [6, 6.07) is 51.7. The Balaban J connectivity index is 1.44. The lowest BCUT2D eigenvalue weighted by molar-refractivity contribution is 1.19. The Morgan fingerprint density at radius 1 is 0.310 bits per heavy atom. The Kier molecular flexibility index (Phi) is 5.82. The van der Waals surface area contributed by atoms with Crippen molar-refractivity contribution in [3.63, 3.8) is 0 Å². The van der Waals surface area contributed by atoms with Crippen molar-refractivity contribution >= 4 is 32.3 Å². The molecule has 2 heteroatoms. The van der Waals surface area contributed by atoms with Gasteiger partial charge in [-0.15, -0.1) is 0 Å². The second kappa shape index (κ2) is 10.1. The van der Waals surface area contributed by atoms with Crippen molar-refractivity contribution < 1.29 is 0 Å². The molecule has 196 valence electrons. The number of hydrogen-bond donors (Lipinski definition) is 0. The maximum absolute atomic E-state index is 4.94. The predicted molar refractivity (Wildman–Crippen MR) is 176 cm³/mol. The van der Waals surface area contributed by atoms with Crippen LogP contribution in [0.1, 0.15) is 0 Å². The van der Waals surface area contributed by atoms with E-state index >= 15 is 0 Å². The van der Waals surface area contributed by atoms with Crippen molar-refractivity contribution in [3.05, 3.63) is 158 Å². The van der Waals surface area contributed by atoms with Gasteiger partial charge >= 0.3 is 0 Å². The summed E-state index contributed by atoms with van der Waals surface area (Å²) in [6.07, 6.45) is 3.88. The van der Waals surface area contributed by atoms with Gasteiger partial charge in [0.2, 0.25) is 0 Å². The van der Waals surface area contributed by atoms with E-state index in [1.165, 1.54) is 43.8 Å². The van der Waals surface area contributed by atoms with E-state index in [1.54, 1.807) is 0 Å². The first-order valence-electron chi connectivity index (χ1n) is 14.2. The van der Waals surface area contributed by atoms with Crippen LogP contribution in [0.15, 0.2) is 158 Å². The van der Waals surface area contributed by atoms with Crippen molar-refractivity contribution in [2.45, 2.75) is 0 Å². The Labute approximate surface area is 244 Å². The molecule has 0 saturated carbocycles. The molecular formula is C40H26N2. The summed E-state index contributed by atoms with van der Waals surface area (Å²) in [5.74, 6) is 0.730. The van der Waals surface area contributed by atoms with Gasteiger partial charge in [-0.2, -0.15) is 0 Å². The molecule has 0 N–H and O–H groups in total. The molecule has 0 fully saturated rings. The van der Waals surface area contributed by atoms with Crippen LogP contribution in [-0.4, -0.2) is 9.97 Å². The largest absolute Gasteiger partial charge is 0.236 e. The zero-order valence-electron chi connectivity index (χ0n) is 22.9. The summed E-state index contributed by atoms with van der Waals surface area (Å²) in [5.41, 5.74) is 7.99. The van der Waals surface area contributed by atoms with Gasteiger partial charge in [0.15, 0.2) is 5.82 Å². The molecular weight excluding hydrogens is 508 g/mol. The molecule has 0 aliphatic carbocycles. The third-order valence-electron chi connectivity index (χ3n) is 8.15. The quantitative estimate of drug-likeness (QED) is 0.210. The number of hydrogen-bond acceptors (Lipinski definition) is 2. The number of fused-ring (bicyclic) bond motifs is 3. The second-order valence-corrected chi connectivity index (χ2v) is 10.6. The average Bonchev–Trinajstić information content (AvgIpc) is 3.07. The lowest BCUT2D eigenvalue weighted by Crippen LogP contribution is -1.95. The monoisotopic (exact) mass is 534 g/mol. The summed E-state index contributed by atoms with van der Waals surface area (Å²) < 4.78 is 0. The Morgan fingerprint density at radius 3 is 1.57 bits per heavy atom. The van der Waals surface area contributed by atoms with E-state index in [1.807, 2.05) is 30.6 Å². The minimum atomic E-state index is 0.730. The number of nitrogens with zero attached hydrogens (tertiary/aromatic N) is 2. The molecule has 42 heavy (non-hydrogen) atoms. The fourth-order valence-electron chi connectivity index (χ4n) is 6.12. The van der Waals surface area contributed by atoms with Crippen molar-refractivity contribution in [2.75, 3.05) is 0 Å². The van der Waals surface area contributed by atoms with E-state index in [2.05, 4.69) is 127 Å². The van der Waals surface area contributed by atoms with Crippen molar-refractivity contribution in [1.29, 1.82) is 0 Å². The molecule has 0 spiro atoms. The highest BCUT2D eigenvalue weighted by Gasteiger charge is 2.19. The molecule has 1 heterocycles. The molecule has 8 rings (SSSR count). The van der Waals surface area contributed by atoms with E-state index in [9.17, 15) is 0 Å². The van der Waals surface area contributed by atoms with Gasteiger partial charge in [-0.1, -0.05) is 133 Å². The SMILES string of the molecule is c1ccc(-c2cnc(-c3c4ccccc4c(-c4ccc5ccccc5c4)c4cc(-c5ccccc5)ccc34)nc2)cc1. The zero-order chi connectivity index (χ0) is 27.9. The smallest absolute Gasteiger partial charge is 0.160 e. The summed E-state index contributed by atoms with van der Waals surface area (Å²) in [4.78, 5) is 9.88. The maximum Gasteiger partial charge on any atom is 0.160 e. The molecule has 1 aromatic heterocycles. The molecule has 7 aromatic carbocycles. The fourth-order valence-corrected chi connectivity index (χ4v) is 6.12. The maximum atomic E-state index is 4.94. The van der Waals surface area contributed by atoms with Crippen molar-refractivity contribution in [3.8, 4) is 44.8 Å². The van der Waals surface area contributed by atoms with E-state index in [4.69, 9.17) is 9.97 Å². The van der Waals surface area contributed by atoms with E-state index in [-0.39, 0.29) is 0 Å². The minimum absolute atomic E-state index is 0.730. The van der Waals surface area contributed by atoms with Gasteiger partial charge in [0, 0.05) is 23.5 Å². The van der Waals surface area contributed by atoms with E-state index in [0.29, 0.717) is 0 Å². The molecule has 0 radical (unpaired) electrons. The molecule has 0 amide bonds. The van der Waals surface area contributed by atoms with Crippen LogP contribution in [0, 0.1) is 0 Å². The Bertz CT molecular complexity index is 2220. The first kappa shape index (κ1) is 24.2. The van der Waals surface area contributed by atoms with Crippen LogP contribution < -0.4 is 0 Å². The van der Waals surface area contributed by atoms with Gasteiger partial charge < -0.3 is 0 Å². The van der Waals surface area contributed by atoms with Gasteiger partial charge in [-0.3, -0.25) is 0 Å². The van der Waals surface area contributed by atoms with Crippen LogP contribution in [0.2, 0.25) is 0 Å². The topological polar surface area (TPSA) is 25.8 Å². The van der Waals surface area contributed by atoms with Crippen molar-refractivity contribution in [2.24, 2.45) is 0 Å². The molecule has 0 unspecified atom stereocenters. The molecule has 0 aliphatic heterocycles. The molecule has 2 nitrogen and oxygen atoms in total. The van der Waals surface area contributed by atoms with Gasteiger partial charge in [0.1, 0.15) is 0 Å². The van der Waals surface area contributed by atoms with Crippen LogP contribution in [0.5, 0.6) is 0 Å². The second-order valence-electron chi connectivity index (χ2n) is 10.6. The Morgan fingerprint density at radius 2 is 0.857 bits per heavy atom. The zero-order valence-corrected chi connectivity index (χ0v) is 22.9. The molecule has 0 aliphatic rings. The van der Waals surface area contributed by atoms with Gasteiger partial charge in [0.25, 0.3) is 0 Å². The van der Waals surface area contributed by atoms with Gasteiger partial charge in [-0.05, 0) is 72.3 Å². The summed E-state index contributed by atoms with van der Waals surface area (Å²) in [5, 5.41) is 7.14. The first-order chi connectivity index (χ1) is 20.8. The van der Waals surface area contributed by atoms with Crippen LogP contribution in [0.3, 0.4) is 0 Å². The van der Waals surface area contributed by atoms with Crippen LogP contribution in [0.25, 0.3) is 77.1 Å². The Hall–Kier alpha value is -5.60. The minimum Gasteiger partial charge on any atom is -0.236 e. The fraction of sp³-hybridized carbons (Fsp3) is 0. The number of aromatic nitrogens is 2. The molecule has 0 bridgehead atoms. The number of rotatable bonds is 4. The average molecular weight is 535 g/mol. The predicted octanol–water partition coefficient (Wildman–Crippen LogP) is 10.6. The van der Waals surface area contributed by atoms with E-state index in [0.717, 1.165) is 33.3 Å². The normalized spacial score (nSPS) is 11.3.